The van der Waals surface area contributed by atoms with Crippen LogP contribution in [0.5, 0.6) is 0 Å². The summed E-state index contributed by atoms with van der Waals surface area (Å²) in [6.07, 6.45) is 0. The zero-order chi connectivity index (χ0) is 39.1. The molecule has 58 heavy (non-hydrogen) atoms. The van der Waals surface area contributed by atoms with Crippen LogP contribution >= 0.6 is 0 Å². The summed E-state index contributed by atoms with van der Waals surface area (Å²) in [6, 6.07) is 81.8. The Morgan fingerprint density at radius 2 is 0.776 bits per heavy atom. The number of rotatable bonds is 8. The minimum atomic E-state index is -0.169. The van der Waals surface area contributed by atoms with Gasteiger partial charge in [-0.05, 0) is 103 Å². The van der Waals surface area contributed by atoms with Crippen molar-refractivity contribution in [1.82, 2.24) is 0 Å². The number of anilines is 3. The lowest BCUT2D eigenvalue weighted by molar-refractivity contribution is 0.662. The average Bonchev–Trinajstić information content (AvgIpc) is 3.54. The standard InChI is InChI=1S/C57H43N/c1-57(2)53-31-16-15-27-48(53)50-29-17-30-51(56(50)57)49-28-18-32-54(55(49)44-25-13-6-14-26-44)58(45-35-33-41(34-36-45)40-19-7-3-8-20-40)46-37-38-47(42-21-9-4-10-22-42)52(39-46)43-23-11-5-12-24-43/h3-39H,1-2H3. The fraction of sp³-hybridized carbons (Fsp3) is 0.0526. The van der Waals surface area contributed by atoms with E-state index in [2.05, 4.69) is 243 Å². The molecule has 0 aromatic heterocycles. The van der Waals surface area contributed by atoms with Crippen molar-refractivity contribution in [2.45, 2.75) is 19.3 Å². The van der Waals surface area contributed by atoms with Gasteiger partial charge in [0.05, 0.1) is 5.69 Å². The van der Waals surface area contributed by atoms with Crippen LogP contribution in [-0.2, 0) is 5.41 Å². The molecule has 0 fully saturated rings. The molecule has 0 unspecified atom stereocenters. The van der Waals surface area contributed by atoms with E-state index in [-0.39, 0.29) is 5.41 Å². The van der Waals surface area contributed by atoms with Crippen molar-refractivity contribution in [1.29, 1.82) is 0 Å². The van der Waals surface area contributed by atoms with Gasteiger partial charge in [0.15, 0.2) is 0 Å². The molecule has 1 aliphatic carbocycles. The summed E-state index contributed by atoms with van der Waals surface area (Å²) in [4.78, 5) is 2.46. The van der Waals surface area contributed by atoms with Crippen LogP contribution in [-0.4, -0.2) is 0 Å². The lowest BCUT2D eigenvalue weighted by Crippen LogP contribution is -2.16. The lowest BCUT2D eigenvalue weighted by atomic mass is 9.77. The van der Waals surface area contributed by atoms with Crippen molar-refractivity contribution in [3.63, 3.8) is 0 Å². The Hall–Kier alpha value is -7.22. The minimum Gasteiger partial charge on any atom is -0.310 e. The monoisotopic (exact) mass is 741 g/mol. The Bertz CT molecular complexity index is 2880. The Morgan fingerprint density at radius 3 is 1.43 bits per heavy atom. The molecule has 0 heterocycles. The quantitative estimate of drug-likeness (QED) is 0.150. The van der Waals surface area contributed by atoms with E-state index in [1.807, 2.05) is 0 Å². The van der Waals surface area contributed by atoms with Gasteiger partial charge in [-0.25, -0.2) is 0 Å². The topological polar surface area (TPSA) is 3.24 Å². The van der Waals surface area contributed by atoms with Gasteiger partial charge < -0.3 is 4.90 Å². The van der Waals surface area contributed by atoms with Crippen molar-refractivity contribution >= 4 is 17.1 Å². The van der Waals surface area contributed by atoms with Crippen LogP contribution in [0.15, 0.2) is 224 Å². The number of fused-ring (bicyclic) bond motifs is 3. The van der Waals surface area contributed by atoms with Gasteiger partial charge in [0.2, 0.25) is 0 Å². The van der Waals surface area contributed by atoms with Crippen molar-refractivity contribution in [2.24, 2.45) is 0 Å². The van der Waals surface area contributed by atoms with Crippen LogP contribution in [0.1, 0.15) is 25.0 Å². The van der Waals surface area contributed by atoms with Crippen molar-refractivity contribution in [3.8, 4) is 66.8 Å². The summed E-state index contributed by atoms with van der Waals surface area (Å²) in [5.74, 6) is 0. The fourth-order valence-corrected chi connectivity index (χ4v) is 9.19. The van der Waals surface area contributed by atoms with Crippen LogP contribution in [0, 0.1) is 0 Å². The van der Waals surface area contributed by atoms with E-state index in [0.29, 0.717) is 0 Å². The second kappa shape index (κ2) is 14.7. The molecule has 0 saturated carbocycles. The molecule has 9 aromatic rings. The van der Waals surface area contributed by atoms with E-state index in [4.69, 9.17) is 0 Å². The first-order chi connectivity index (χ1) is 28.6. The van der Waals surface area contributed by atoms with Gasteiger partial charge in [0.1, 0.15) is 0 Å². The minimum absolute atomic E-state index is 0.169. The smallest absolute Gasteiger partial charge is 0.0546 e. The Morgan fingerprint density at radius 1 is 0.310 bits per heavy atom. The van der Waals surface area contributed by atoms with Gasteiger partial charge in [-0.15, -0.1) is 0 Å². The first-order valence-electron chi connectivity index (χ1n) is 20.2. The number of hydrogen-bond donors (Lipinski definition) is 0. The van der Waals surface area contributed by atoms with E-state index in [9.17, 15) is 0 Å². The van der Waals surface area contributed by atoms with Crippen LogP contribution in [0.2, 0.25) is 0 Å². The second-order valence-corrected chi connectivity index (χ2v) is 15.7. The van der Waals surface area contributed by atoms with Crippen LogP contribution in [0.25, 0.3) is 66.8 Å². The van der Waals surface area contributed by atoms with E-state index < -0.39 is 0 Å². The van der Waals surface area contributed by atoms with Gasteiger partial charge in [-0.1, -0.05) is 208 Å². The molecule has 276 valence electrons. The first-order valence-corrected chi connectivity index (χ1v) is 20.2. The van der Waals surface area contributed by atoms with Crippen LogP contribution < -0.4 is 4.90 Å². The van der Waals surface area contributed by atoms with Crippen molar-refractivity contribution < 1.29 is 0 Å². The molecule has 1 heteroatoms. The normalized spacial score (nSPS) is 12.4. The highest BCUT2D eigenvalue weighted by atomic mass is 15.1. The molecule has 0 spiro atoms. The summed E-state index contributed by atoms with van der Waals surface area (Å²) in [5.41, 5.74) is 20.5. The second-order valence-electron chi connectivity index (χ2n) is 15.7. The third-order valence-electron chi connectivity index (χ3n) is 11.9. The third-order valence-corrected chi connectivity index (χ3v) is 11.9. The SMILES string of the molecule is CC1(C)c2ccccc2-c2cccc(-c3cccc(N(c4ccc(-c5ccccc5)cc4)c4ccc(-c5ccccc5)c(-c5ccccc5)c4)c3-c3ccccc3)c21. The zero-order valence-electron chi connectivity index (χ0n) is 32.8. The Kier molecular flexibility index (Phi) is 8.92. The molecule has 0 bridgehead atoms. The maximum Gasteiger partial charge on any atom is 0.0546 e. The molecule has 0 radical (unpaired) electrons. The van der Waals surface area contributed by atoms with Crippen LogP contribution in [0.3, 0.4) is 0 Å². The molecule has 0 aliphatic heterocycles. The summed E-state index contributed by atoms with van der Waals surface area (Å²) in [6.45, 7) is 4.76. The van der Waals surface area contributed by atoms with Crippen molar-refractivity contribution in [3.05, 3.63) is 236 Å². The fourth-order valence-electron chi connectivity index (χ4n) is 9.19. The summed E-state index contributed by atoms with van der Waals surface area (Å²) < 4.78 is 0. The summed E-state index contributed by atoms with van der Waals surface area (Å²) >= 11 is 0. The van der Waals surface area contributed by atoms with Gasteiger partial charge in [0.25, 0.3) is 0 Å². The van der Waals surface area contributed by atoms with E-state index >= 15 is 0 Å². The number of nitrogens with zero attached hydrogens (tertiary/aromatic N) is 1. The molecular weight excluding hydrogens is 699 g/mol. The average molecular weight is 742 g/mol. The zero-order valence-corrected chi connectivity index (χ0v) is 32.8. The Labute approximate surface area is 342 Å². The molecule has 0 amide bonds. The van der Waals surface area contributed by atoms with Crippen molar-refractivity contribution in [2.75, 3.05) is 4.90 Å². The number of hydrogen-bond acceptors (Lipinski definition) is 1. The first kappa shape index (κ1) is 35.2. The van der Waals surface area contributed by atoms with Gasteiger partial charge in [-0.2, -0.15) is 0 Å². The molecule has 1 nitrogen and oxygen atoms in total. The summed E-state index contributed by atoms with van der Waals surface area (Å²) in [7, 11) is 0. The highest BCUT2D eigenvalue weighted by molar-refractivity contribution is 6.00. The van der Waals surface area contributed by atoms with Crippen LogP contribution in [0.4, 0.5) is 17.1 Å². The van der Waals surface area contributed by atoms with Gasteiger partial charge in [-0.3, -0.25) is 0 Å². The Balaban J connectivity index is 1.24. The largest absolute Gasteiger partial charge is 0.310 e. The molecule has 0 atom stereocenters. The maximum absolute atomic E-state index is 2.46. The third kappa shape index (κ3) is 6.13. The predicted molar refractivity (Wildman–Crippen MR) is 246 cm³/mol. The highest BCUT2D eigenvalue weighted by Crippen LogP contribution is 2.54. The molecule has 10 rings (SSSR count). The summed E-state index contributed by atoms with van der Waals surface area (Å²) in [5, 5.41) is 0. The van der Waals surface area contributed by atoms with E-state index in [1.54, 1.807) is 0 Å². The van der Waals surface area contributed by atoms with Gasteiger partial charge >= 0.3 is 0 Å². The molecule has 0 saturated heterocycles. The molecular formula is C57H43N. The predicted octanol–water partition coefficient (Wildman–Crippen LogP) is 15.8. The van der Waals surface area contributed by atoms with E-state index in [0.717, 1.165) is 17.1 Å². The maximum atomic E-state index is 2.46. The molecule has 9 aromatic carbocycles. The molecule has 1 aliphatic rings. The van der Waals surface area contributed by atoms with Gasteiger partial charge in [0, 0.05) is 22.4 Å². The highest BCUT2D eigenvalue weighted by Gasteiger charge is 2.38. The molecule has 0 N–H and O–H groups in total. The van der Waals surface area contributed by atoms with E-state index in [1.165, 1.54) is 77.9 Å². The number of benzene rings is 9. The lowest BCUT2D eigenvalue weighted by Gasteiger charge is -2.31.